The van der Waals surface area contributed by atoms with Gasteiger partial charge in [-0.25, -0.2) is 4.39 Å². The van der Waals surface area contributed by atoms with E-state index in [2.05, 4.69) is 15.3 Å². The Kier molecular flexibility index (Phi) is 4.34. The molecule has 2 aromatic heterocycles. The standard InChI is InChI=1S/C19H20FN3O/c1-11-8-14(10-21-9-11)19(24)22-7-6-15-13(3)23-18-16(20)5-4-12(2)17(15)18/h4-5,8-10,23H,6-7H2,1-3H3,(H,22,24). The third kappa shape index (κ3) is 3.02. The van der Waals surface area contributed by atoms with Crippen molar-refractivity contribution in [3.8, 4) is 0 Å². The molecule has 1 aromatic carbocycles. The van der Waals surface area contributed by atoms with Crippen molar-refractivity contribution < 1.29 is 9.18 Å². The molecule has 3 aromatic rings. The molecule has 0 bridgehead atoms. The fraction of sp³-hybridized carbons (Fsp3) is 0.263. The van der Waals surface area contributed by atoms with E-state index in [1.807, 2.05) is 20.8 Å². The van der Waals surface area contributed by atoms with E-state index in [0.717, 1.165) is 27.8 Å². The summed E-state index contributed by atoms with van der Waals surface area (Å²) in [5.74, 6) is -0.397. The van der Waals surface area contributed by atoms with Crippen molar-refractivity contribution in [1.82, 2.24) is 15.3 Å². The molecule has 0 saturated heterocycles. The largest absolute Gasteiger partial charge is 0.356 e. The van der Waals surface area contributed by atoms with Crippen molar-refractivity contribution in [2.45, 2.75) is 27.2 Å². The van der Waals surface area contributed by atoms with Crippen molar-refractivity contribution in [2.24, 2.45) is 0 Å². The monoisotopic (exact) mass is 325 g/mol. The Balaban J connectivity index is 1.76. The number of hydrogen-bond donors (Lipinski definition) is 2. The Morgan fingerprint density at radius 1 is 1.25 bits per heavy atom. The Bertz CT molecular complexity index is 914. The number of aromatic nitrogens is 2. The molecular weight excluding hydrogens is 305 g/mol. The van der Waals surface area contributed by atoms with Crippen LogP contribution in [0.1, 0.15) is 32.7 Å². The zero-order valence-corrected chi connectivity index (χ0v) is 14.0. The number of aromatic amines is 1. The van der Waals surface area contributed by atoms with Crippen LogP contribution in [-0.4, -0.2) is 22.4 Å². The van der Waals surface area contributed by atoms with Crippen LogP contribution < -0.4 is 5.32 Å². The van der Waals surface area contributed by atoms with Crippen molar-refractivity contribution in [3.63, 3.8) is 0 Å². The van der Waals surface area contributed by atoms with Gasteiger partial charge in [0.15, 0.2) is 0 Å². The Labute approximate surface area is 140 Å². The summed E-state index contributed by atoms with van der Waals surface area (Å²) in [5.41, 5.74) is 5.04. The second-order valence-corrected chi connectivity index (χ2v) is 6.10. The van der Waals surface area contributed by atoms with Crippen LogP contribution in [-0.2, 0) is 6.42 Å². The van der Waals surface area contributed by atoms with Gasteiger partial charge in [-0.05, 0) is 56.0 Å². The third-order valence-corrected chi connectivity index (χ3v) is 4.23. The Morgan fingerprint density at radius 3 is 2.79 bits per heavy atom. The first kappa shape index (κ1) is 16.2. The second kappa shape index (κ2) is 6.43. The van der Waals surface area contributed by atoms with Gasteiger partial charge in [0, 0.05) is 30.0 Å². The van der Waals surface area contributed by atoms with Gasteiger partial charge in [0.25, 0.3) is 5.91 Å². The summed E-state index contributed by atoms with van der Waals surface area (Å²) in [4.78, 5) is 19.3. The summed E-state index contributed by atoms with van der Waals surface area (Å²) in [7, 11) is 0. The maximum Gasteiger partial charge on any atom is 0.252 e. The molecule has 24 heavy (non-hydrogen) atoms. The summed E-state index contributed by atoms with van der Waals surface area (Å²) < 4.78 is 14.0. The van der Waals surface area contributed by atoms with Gasteiger partial charge < -0.3 is 10.3 Å². The fourth-order valence-corrected chi connectivity index (χ4v) is 3.04. The summed E-state index contributed by atoms with van der Waals surface area (Å²) in [6.07, 6.45) is 3.91. The number of fused-ring (bicyclic) bond motifs is 1. The maximum absolute atomic E-state index is 14.0. The van der Waals surface area contributed by atoms with Crippen LogP contribution >= 0.6 is 0 Å². The molecule has 5 heteroatoms. The number of H-pyrrole nitrogens is 1. The molecule has 2 heterocycles. The molecule has 0 aliphatic carbocycles. The van der Waals surface area contributed by atoms with Gasteiger partial charge in [-0.1, -0.05) is 6.07 Å². The van der Waals surface area contributed by atoms with Crippen molar-refractivity contribution >= 4 is 16.8 Å². The van der Waals surface area contributed by atoms with Gasteiger partial charge in [0.2, 0.25) is 0 Å². The smallest absolute Gasteiger partial charge is 0.252 e. The highest BCUT2D eigenvalue weighted by Crippen LogP contribution is 2.27. The predicted molar refractivity (Wildman–Crippen MR) is 92.7 cm³/mol. The van der Waals surface area contributed by atoms with Gasteiger partial charge in [0.1, 0.15) is 5.82 Å². The fourth-order valence-electron chi connectivity index (χ4n) is 3.04. The second-order valence-electron chi connectivity index (χ2n) is 6.10. The highest BCUT2D eigenvalue weighted by molar-refractivity contribution is 5.94. The van der Waals surface area contributed by atoms with Crippen LogP contribution in [0.25, 0.3) is 10.9 Å². The van der Waals surface area contributed by atoms with E-state index in [-0.39, 0.29) is 11.7 Å². The number of aryl methyl sites for hydroxylation is 3. The molecule has 4 nitrogen and oxygen atoms in total. The van der Waals surface area contributed by atoms with Crippen LogP contribution in [0.2, 0.25) is 0 Å². The highest BCUT2D eigenvalue weighted by Gasteiger charge is 2.14. The van der Waals surface area contributed by atoms with Crippen molar-refractivity contribution in [1.29, 1.82) is 0 Å². The summed E-state index contributed by atoms with van der Waals surface area (Å²) >= 11 is 0. The van der Waals surface area contributed by atoms with Crippen molar-refractivity contribution in [3.05, 3.63) is 64.4 Å². The lowest BCUT2D eigenvalue weighted by molar-refractivity contribution is 0.0953. The third-order valence-electron chi connectivity index (χ3n) is 4.23. The van der Waals surface area contributed by atoms with Gasteiger partial charge in [0.05, 0.1) is 11.1 Å². The predicted octanol–water partition coefficient (Wildman–Crippen LogP) is 3.60. The van der Waals surface area contributed by atoms with Crippen LogP contribution in [0.4, 0.5) is 4.39 Å². The van der Waals surface area contributed by atoms with Gasteiger partial charge >= 0.3 is 0 Å². The first-order valence-corrected chi connectivity index (χ1v) is 7.93. The van der Waals surface area contributed by atoms with Gasteiger partial charge in [-0.2, -0.15) is 0 Å². The number of benzene rings is 1. The van der Waals surface area contributed by atoms with E-state index in [1.54, 1.807) is 24.5 Å². The zero-order valence-electron chi connectivity index (χ0n) is 14.0. The lowest BCUT2D eigenvalue weighted by atomic mass is 10.0. The molecular formula is C19H20FN3O. The van der Waals surface area contributed by atoms with E-state index in [9.17, 15) is 9.18 Å². The molecule has 3 rings (SSSR count). The minimum atomic E-state index is -0.250. The number of nitrogens with one attached hydrogen (secondary N) is 2. The molecule has 0 aliphatic rings. The average Bonchev–Trinajstić information content (AvgIpc) is 2.89. The lowest BCUT2D eigenvalue weighted by Crippen LogP contribution is -2.26. The number of pyridine rings is 1. The summed E-state index contributed by atoms with van der Waals surface area (Å²) in [6, 6.07) is 5.06. The van der Waals surface area contributed by atoms with E-state index < -0.39 is 0 Å². The molecule has 0 spiro atoms. The number of hydrogen-bond acceptors (Lipinski definition) is 2. The number of carbonyl (C=O) groups excluding carboxylic acids is 1. The van der Waals surface area contributed by atoms with Gasteiger partial charge in [-0.3, -0.25) is 9.78 Å². The van der Waals surface area contributed by atoms with Crippen LogP contribution in [0.3, 0.4) is 0 Å². The van der Waals surface area contributed by atoms with E-state index >= 15 is 0 Å². The molecule has 0 saturated carbocycles. The molecule has 0 unspecified atom stereocenters. The normalized spacial score (nSPS) is 11.0. The van der Waals surface area contributed by atoms with E-state index in [0.29, 0.717) is 24.0 Å². The first-order chi connectivity index (χ1) is 11.5. The molecule has 0 radical (unpaired) electrons. The van der Waals surface area contributed by atoms with E-state index in [1.165, 1.54) is 6.07 Å². The molecule has 0 atom stereocenters. The molecule has 1 amide bonds. The number of rotatable bonds is 4. The minimum Gasteiger partial charge on any atom is -0.356 e. The number of amides is 1. The lowest BCUT2D eigenvalue weighted by Gasteiger charge is -2.07. The molecule has 0 aliphatic heterocycles. The maximum atomic E-state index is 14.0. The first-order valence-electron chi connectivity index (χ1n) is 7.93. The van der Waals surface area contributed by atoms with Crippen molar-refractivity contribution in [2.75, 3.05) is 6.54 Å². The minimum absolute atomic E-state index is 0.147. The van der Waals surface area contributed by atoms with Gasteiger partial charge in [-0.15, -0.1) is 0 Å². The Morgan fingerprint density at radius 2 is 2.04 bits per heavy atom. The molecule has 2 N–H and O–H groups in total. The zero-order chi connectivity index (χ0) is 17.3. The number of nitrogens with zero attached hydrogens (tertiary/aromatic N) is 1. The molecule has 124 valence electrons. The topological polar surface area (TPSA) is 57.8 Å². The van der Waals surface area contributed by atoms with Crippen LogP contribution in [0, 0.1) is 26.6 Å². The van der Waals surface area contributed by atoms with E-state index in [4.69, 9.17) is 0 Å². The highest BCUT2D eigenvalue weighted by atomic mass is 19.1. The average molecular weight is 325 g/mol. The van der Waals surface area contributed by atoms with Crippen LogP contribution in [0.15, 0.2) is 30.6 Å². The number of halogens is 1. The Hall–Kier alpha value is -2.69. The van der Waals surface area contributed by atoms with Crippen LogP contribution in [0.5, 0.6) is 0 Å². The SMILES string of the molecule is Cc1cncc(C(=O)NCCc2c(C)[nH]c3c(F)ccc(C)c23)c1. The number of carbonyl (C=O) groups is 1. The summed E-state index contributed by atoms with van der Waals surface area (Å²) in [5, 5.41) is 3.82. The molecule has 0 fully saturated rings. The summed E-state index contributed by atoms with van der Waals surface area (Å²) in [6.45, 7) is 6.28. The quantitative estimate of drug-likeness (QED) is 0.770.